The Balaban J connectivity index is 1.79. The first kappa shape index (κ1) is 19.3. The molecular formula is C19H20ClN5OS. The molecule has 1 amide bonds. The van der Waals surface area contributed by atoms with E-state index in [4.69, 9.17) is 17.3 Å². The number of hydrogen-bond acceptors (Lipinski definition) is 5. The topological polar surface area (TPSA) is 85.8 Å². The summed E-state index contributed by atoms with van der Waals surface area (Å²) in [6.07, 6.45) is 0.539. The highest BCUT2D eigenvalue weighted by Crippen LogP contribution is 2.29. The Labute approximate surface area is 167 Å². The fraction of sp³-hybridized carbons (Fsp3) is 0.211. The van der Waals surface area contributed by atoms with Gasteiger partial charge in [-0.1, -0.05) is 72.8 Å². The van der Waals surface area contributed by atoms with Gasteiger partial charge in [0.05, 0.1) is 10.7 Å². The zero-order valence-corrected chi connectivity index (χ0v) is 16.4. The van der Waals surface area contributed by atoms with E-state index in [0.29, 0.717) is 28.0 Å². The van der Waals surface area contributed by atoms with E-state index in [-0.39, 0.29) is 11.9 Å². The fourth-order valence-electron chi connectivity index (χ4n) is 2.67. The molecule has 0 saturated heterocycles. The van der Waals surface area contributed by atoms with Crippen molar-refractivity contribution in [2.24, 2.45) is 0 Å². The number of nitrogens with zero attached hydrogens (tertiary/aromatic N) is 3. The maximum atomic E-state index is 12.9. The Morgan fingerprint density at radius 1 is 1.19 bits per heavy atom. The van der Waals surface area contributed by atoms with Gasteiger partial charge in [-0.25, -0.2) is 0 Å². The third kappa shape index (κ3) is 4.61. The van der Waals surface area contributed by atoms with Crippen LogP contribution in [-0.2, 0) is 10.5 Å². The van der Waals surface area contributed by atoms with Crippen LogP contribution in [-0.4, -0.2) is 20.7 Å². The molecule has 0 aliphatic heterocycles. The number of amides is 1. The number of nitrogen functional groups attached to an aromatic ring is 1. The first-order valence-corrected chi connectivity index (χ1v) is 9.89. The Morgan fingerprint density at radius 3 is 2.59 bits per heavy atom. The van der Waals surface area contributed by atoms with Gasteiger partial charge in [0.15, 0.2) is 5.16 Å². The minimum atomic E-state index is -0.533. The molecule has 1 atom stereocenters. The summed E-state index contributed by atoms with van der Waals surface area (Å²) in [7, 11) is 0. The number of carbonyl (C=O) groups is 1. The smallest absolute Gasteiger partial charge is 0.247 e. The number of hydrogen-bond donors (Lipinski definition) is 2. The third-order valence-electron chi connectivity index (χ3n) is 4.03. The van der Waals surface area contributed by atoms with Crippen molar-refractivity contribution in [2.75, 3.05) is 11.1 Å². The predicted molar refractivity (Wildman–Crippen MR) is 110 cm³/mol. The molecule has 2 aromatic carbocycles. The van der Waals surface area contributed by atoms with Crippen molar-refractivity contribution >= 4 is 40.9 Å². The average molecular weight is 402 g/mol. The normalized spacial score (nSPS) is 11.9. The maximum absolute atomic E-state index is 12.9. The lowest BCUT2D eigenvalue weighted by atomic mass is 10.2. The van der Waals surface area contributed by atoms with Gasteiger partial charge in [-0.05, 0) is 24.1 Å². The van der Waals surface area contributed by atoms with Crippen LogP contribution in [0.25, 0.3) is 0 Å². The van der Waals surface area contributed by atoms with E-state index in [2.05, 4.69) is 15.5 Å². The van der Waals surface area contributed by atoms with Gasteiger partial charge < -0.3 is 11.1 Å². The number of thioether (sulfide) groups is 1. The molecule has 0 saturated carbocycles. The number of aromatic nitrogens is 3. The second-order valence-electron chi connectivity index (χ2n) is 5.88. The van der Waals surface area contributed by atoms with Gasteiger partial charge in [-0.3, -0.25) is 9.36 Å². The highest BCUT2D eigenvalue weighted by atomic mass is 35.5. The Kier molecular flexibility index (Phi) is 6.36. The number of nitrogens with two attached hydrogens (primary N) is 1. The van der Waals surface area contributed by atoms with Gasteiger partial charge in [0.2, 0.25) is 11.9 Å². The molecule has 8 heteroatoms. The molecule has 6 nitrogen and oxygen atoms in total. The molecule has 27 heavy (non-hydrogen) atoms. The molecule has 3 rings (SSSR count). The largest absolute Gasteiger partial charge is 0.368 e. The highest BCUT2D eigenvalue weighted by molar-refractivity contribution is 7.98. The highest BCUT2D eigenvalue weighted by Gasteiger charge is 2.25. The van der Waals surface area contributed by atoms with E-state index >= 15 is 0 Å². The van der Waals surface area contributed by atoms with Crippen LogP contribution >= 0.6 is 23.4 Å². The number of benzene rings is 2. The van der Waals surface area contributed by atoms with Crippen LogP contribution in [0.1, 0.15) is 24.9 Å². The van der Waals surface area contributed by atoms with Gasteiger partial charge >= 0.3 is 0 Å². The molecule has 3 aromatic rings. The van der Waals surface area contributed by atoms with E-state index in [1.54, 1.807) is 16.7 Å². The summed E-state index contributed by atoms with van der Waals surface area (Å²) in [5.74, 6) is 0.715. The van der Waals surface area contributed by atoms with Crippen LogP contribution in [0.5, 0.6) is 0 Å². The molecule has 1 unspecified atom stereocenters. The van der Waals surface area contributed by atoms with Gasteiger partial charge in [0.1, 0.15) is 6.04 Å². The van der Waals surface area contributed by atoms with Crippen molar-refractivity contribution in [3.8, 4) is 0 Å². The number of anilines is 2. The lowest BCUT2D eigenvalue weighted by molar-refractivity contribution is -0.119. The Hall–Kier alpha value is -2.51. The zero-order chi connectivity index (χ0) is 19.2. The predicted octanol–water partition coefficient (Wildman–Crippen LogP) is 4.40. The molecule has 0 bridgehead atoms. The van der Waals surface area contributed by atoms with Gasteiger partial charge in [0.25, 0.3) is 0 Å². The summed E-state index contributed by atoms with van der Waals surface area (Å²) in [5.41, 5.74) is 7.74. The summed E-state index contributed by atoms with van der Waals surface area (Å²) >= 11 is 7.64. The van der Waals surface area contributed by atoms with E-state index in [1.807, 2.05) is 49.4 Å². The number of para-hydroxylation sites is 1. The molecule has 0 radical (unpaired) electrons. The number of nitrogens with one attached hydrogen (secondary N) is 1. The van der Waals surface area contributed by atoms with Crippen LogP contribution in [0.4, 0.5) is 11.6 Å². The minimum Gasteiger partial charge on any atom is -0.368 e. The van der Waals surface area contributed by atoms with E-state index in [0.717, 1.165) is 5.56 Å². The molecule has 1 aromatic heterocycles. The number of carbonyl (C=O) groups excluding carboxylic acids is 1. The van der Waals surface area contributed by atoms with E-state index < -0.39 is 6.04 Å². The van der Waals surface area contributed by atoms with Gasteiger partial charge in [-0.2, -0.15) is 0 Å². The maximum Gasteiger partial charge on any atom is 0.247 e. The van der Waals surface area contributed by atoms with E-state index in [1.165, 1.54) is 11.8 Å². The minimum absolute atomic E-state index is 0.210. The summed E-state index contributed by atoms with van der Waals surface area (Å²) < 4.78 is 1.68. The molecule has 3 N–H and O–H groups in total. The summed E-state index contributed by atoms with van der Waals surface area (Å²) in [5, 5.41) is 12.1. The number of rotatable bonds is 7. The zero-order valence-electron chi connectivity index (χ0n) is 14.8. The Morgan fingerprint density at radius 2 is 1.89 bits per heavy atom. The van der Waals surface area contributed by atoms with Gasteiger partial charge in [-0.15, -0.1) is 10.2 Å². The number of halogens is 1. The standard InChI is InChI=1S/C19H20ClN5OS/c1-2-16(17(26)22-15-11-7-6-10-14(15)20)25-18(21)23-24-19(25)27-12-13-8-4-3-5-9-13/h3-11,16H,2,12H2,1H3,(H2,21,23)(H,22,26). The van der Waals surface area contributed by atoms with Crippen molar-refractivity contribution in [2.45, 2.75) is 30.3 Å². The SMILES string of the molecule is CCC(C(=O)Nc1ccccc1Cl)n1c(N)nnc1SCc1ccccc1. The summed E-state index contributed by atoms with van der Waals surface area (Å²) in [6.45, 7) is 1.92. The van der Waals surface area contributed by atoms with Crippen molar-refractivity contribution in [1.82, 2.24) is 14.8 Å². The monoisotopic (exact) mass is 401 g/mol. The van der Waals surface area contributed by atoms with Crippen molar-refractivity contribution < 1.29 is 4.79 Å². The second-order valence-corrected chi connectivity index (χ2v) is 7.23. The molecule has 0 fully saturated rings. The first-order chi connectivity index (χ1) is 13.1. The Bertz CT molecular complexity index is 915. The summed E-state index contributed by atoms with van der Waals surface area (Å²) in [6, 6.07) is 16.6. The molecule has 1 heterocycles. The average Bonchev–Trinajstić information content (AvgIpc) is 3.04. The summed E-state index contributed by atoms with van der Waals surface area (Å²) in [4.78, 5) is 12.9. The molecule has 140 valence electrons. The van der Waals surface area contributed by atoms with E-state index in [9.17, 15) is 4.79 Å². The second kappa shape index (κ2) is 8.92. The third-order valence-corrected chi connectivity index (χ3v) is 5.38. The van der Waals surface area contributed by atoms with Crippen molar-refractivity contribution in [3.05, 3.63) is 65.2 Å². The lowest BCUT2D eigenvalue weighted by Crippen LogP contribution is -2.27. The molecule has 0 spiro atoms. The first-order valence-electron chi connectivity index (χ1n) is 8.52. The van der Waals surface area contributed by atoms with Crippen LogP contribution in [0.2, 0.25) is 5.02 Å². The quantitative estimate of drug-likeness (QED) is 0.573. The van der Waals surface area contributed by atoms with Crippen LogP contribution in [0.3, 0.4) is 0 Å². The van der Waals surface area contributed by atoms with Crippen LogP contribution < -0.4 is 11.1 Å². The fourth-order valence-corrected chi connectivity index (χ4v) is 3.80. The molecular weight excluding hydrogens is 382 g/mol. The van der Waals surface area contributed by atoms with Gasteiger partial charge in [0, 0.05) is 5.75 Å². The van der Waals surface area contributed by atoms with Crippen LogP contribution in [0, 0.1) is 0 Å². The van der Waals surface area contributed by atoms with Crippen molar-refractivity contribution in [1.29, 1.82) is 0 Å². The lowest BCUT2D eigenvalue weighted by Gasteiger charge is -2.19. The molecule has 0 aliphatic rings. The molecule has 0 aliphatic carbocycles. The van der Waals surface area contributed by atoms with Crippen molar-refractivity contribution in [3.63, 3.8) is 0 Å². The van der Waals surface area contributed by atoms with Crippen LogP contribution in [0.15, 0.2) is 59.8 Å².